The molecule has 0 fully saturated rings. The molecular weight excluding hydrogens is 290 g/mol. The van der Waals surface area contributed by atoms with E-state index in [0.717, 1.165) is 29.2 Å². The molecule has 0 amide bonds. The van der Waals surface area contributed by atoms with Gasteiger partial charge in [-0.15, -0.1) is 11.3 Å². The van der Waals surface area contributed by atoms with Gasteiger partial charge in [-0.1, -0.05) is 31.2 Å². The summed E-state index contributed by atoms with van der Waals surface area (Å²) in [4.78, 5) is 10.5. The smallest absolute Gasteiger partial charge is 0.108 e. The topological polar surface area (TPSA) is 51.8 Å². The van der Waals surface area contributed by atoms with Crippen LogP contribution in [0.5, 0.6) is 0 Å². The number of rotatable bonds is 4. The third-order valence-electron chi connectivity index (χ3n) is 3.55. The van der Waals surface area contributed by atoms with Gasteiger partial charge < -0.3 is 5.73 Å². The molecular formula is C18H19N3S. The molecule has 0 atom stereocenters. The van der Waals surface area contributed by atoms with Crippen molar-refractivity contribution in [2.75, 3.05) is 5.73 Å². The summed E-state index contributed by atoms with van der Waals surface area (Å²) in [5, 5.41) is 1.15. The van der Waals surface area contributed by atoms with Crippen LogP contribution in [0.1, 0.15) is 23.9 Å². The zero-order valence-electron chi connectivity index (χ0n) is 12.8. The Kier molecular flexibility index (Phi) is 4.20. The number of pyridine rings is 1. The van der Waals surface area contributed by atoms with Crippen LogP contribution in [0, 0.1) is 6.92 Å². The highest BCUT2D eigenvalue weighted by atomic mass is 32.1. The molecule has 0 spiro atoms. The fraction of sp³-hybridized carbons (Fsp3) is 0.222. The van der Waals surface area contributed by atoms with E-state index in [1.54, 1.807) is 23.6 Å². The van der Waals surface area contributed by atoms with Gasteiger partial charge in [-0.25, -0.2) is 4.98 Å². The fourth-order valence-electron chi connectivity index (χ4n) is 2.45. The fourth-order valence-corrected chi connectivity index (χ4v) is 3.71. The predicted molar refractivity (Wildman–Crippen MR) is 93.9 cm³/mol. The lowest BCUT2D eigenvalue weighted by Crippen LogP contribution is -1.91. The summed E-state index contributed by atoms with van der Waals surface area (Å²) in [7, 11) is 0. The first-order valence-corrected chi connectivity index (χ1v) is 8.28. The zero-order chi connectivity index (χ0) is 15.5. The van der Waals surface area contributed by atoms with Crippen LogP contribution >= 0.6 is 11.3 Å². The third-order valence-corrected chi connectivity index (χ3v) is 4.70. The van der Waals surface area contributed by atoms with Crippen LogP contribution < -0.4 is 5.73 Å². The van der Waals surface area contributed by atoms with Crippen molar-refractivity contribution in [3.05, 3.63) is 53.2 Å². The molecule has 0 aliphatic heterocycles. The third kappa shape index (κ3) is 2.88. The van der Waals surface area contributed by atoms with Gasteiger partial charge in [-0.05, 0) is 43.0 Å². The summed E-state index contributed by atoms with van der Waals surface area (Å²) >= 11 is 1.76. The van der Waals surface area contributed by atoms with Crippen molar-refractivity contribution >= 4 is 17.0 Å². The molecule has 1 aromatic carbocycles. The second-order valence-corrected chi connectivity index (χ2v) is 6.41. The Balaban J connectivity index is 2.18. The Hall–Kier alpha value is -2.20. The number of nitrogens with two attached hydrogens (primary N) is 1. The first-order valence-electron chi connectivity index (χ1n) is 7.46. The summed E-state index contributed by atoms with van der Waals surface area (Å²) in [5.41, 5.74) is 10.9. The molecule has 2 heterocycles. The number of hydrogen-bond acceptors (Lipinski definition) is 4. The van der Waals surface area contributed by atoms with E-state index in [1.165, 1.54) is 16.0 Å². The average molecular weight is 309 g/mol. The van der Waals surface area contributed by atoms with Crippen molar-refractivity contribution in [2.24, 2.45) is 0 Å². The van der Waals surface area contributed by atoms with Gasteiger partial charge in [-0.2, -0.15) is 0 Å². The molecule has 0 unspecified atom stereocenters. The molecule has 0 aliphatic carbocycles. The molecule has 0 aliphatic rings. The van der Waals surface area contributed by atoms with E-state index in [9.17, 15) is 0 Å². The van der Waals surface area contributed by atoms with Crippen LogP contribution in [0.3, 0.4) is 0 Å². The minimum atomic E-state index is 0.714. The van der Waals surface area contributed by atoms with Gasteiger partial charge in [0.25, 0.3) is 0 Å². The van der Waals surface area contributed by atoms with E-state index in [0.29, 0.717) is 5.69 Å². The molecule has 3 aromatic rings. The van der Waals surface area contributed by atoms with Crippen LogP contribution in [0.15, 0.2) is 42.6 Å². The lowest BCUT2D eigenvalue weighted by Gasteiger charge is -2.05. The van der Waals surface area contributed by atoms with Crippen LogP contribution in [0.2, 0.25) is 0 Å². The molecule has 0 radical (unpaired) electrons. The SMILES string of the molecule is CCCc1nc(-c2cc(N)ccn2)c(-c2ccccc2C)s1. The maximum atomic E-state index is 5.92. The van der Waals surface area contributed by atoms with Crippen LogP contribution in [-0.4, -0.2) is 9.97 Å². The summed E-state index contributed by atoms with van der Waals surface area (Å²) in [6.07, 6.45) is 3.82. The van der Waals surface area contributed by atoms with Gasteiger partial charge >= 0.3 is 0 Å². The molecule has 22 heavy (non-hydrogen) atoms. The van der Waals surface area contributed by atoms with E-state index in [1.807, 2.05) is 6.07 Å². The van der Waals surface area contributed by atoms with Crippen molar-refractivity contribution in [3.63, 3.8) is 0 Å². The Morgan fingerprint density at radius 2 is 2.00 bits per heavy atom. The number of hydrogen-bond donors (Lipinski definition) is 1. The number of benzene rings is 1. The number of thiazole rings is 1. The van der Waals surface area contributed by atoms with Crippen molar-refractivity contribution in [1.82, 2.24) is 9.97 Å². The molecule has 112 valence electrons. The maximum absolute atomic E-state index is 5.92. The Morgan fingerprint density at radius 1 is 1.18 bits per heavy atom. The van der Waals surface area contributed by atoms with Gasteiger partial charge in [0.2, 0.25) is 0 Å². The highest BCUT2D eigenvalue weighted by Gasteiger charge is 2.17. The predicted octanol–water partition coefficient (Wildman–Crippen LogP) is 4.72. The first-order chi connectivity index (χ1) is 10.7. The highest BCUT2D eigenvalue weighted by molar-refractivity contribution is 7.15. The molecule has 0 saturated heterocycles. The molecule has 0 bridgehead atoms. The van der Waals surface area contributed by atoms with E-state index in [4.69, 9.17) is 10.7 Å². The molecule has 2 N–H and O–H groups in total. The lowest BCUT2D eigenvalue weighted by atomic mass is 10.1. The number of aryl methyl sites for hydroxylation is 2. The summed E-state index contributed by atoms with van der Waals surface area (Å²) in [6.45, 7) is 4.30. The first kappa shape index (κ1) is 14.7. The number of anilines is 1. The largest absolute Gasteiger partial charge is 0.399 e. The molecule has 3 nitrogen and oxygen atoms in total. The van der Waals surface area contributed by atoms with E-state index < -0.39 is 0 Å². The van der Waals surface area contributed by atoms with Crippen molar-refractivity contribution in [2.45, 2.75) is 26.7 Å². The summed E-state index contributed by atoms with van der Waals surface area (Å²) in [6, 6.07) is 12.1. The zero-order valence-corrected chi connectivity index (χ0v) is 13.7. The van der Waals surface area contributed by atoms with Crippen molar-refractivity contribution < 1.29 is 0 Å². The lowest BCUT2D eigenvalue weighted by molar-refractivity contribution is 0.909. The van der Waals surface area contributed by atoms with E-state index in [-0.39, 0.29) is 0 Å². The van der Waals surface area contributed by atoms with Crippen LogP contribution in [0.4, 0.5) is 5.69 Å². The Morgan fingerprint density at radius 3 is 2.73 bits per heavy atom. The monoisotopic (exact) mass is 309 g/mol. The number of nitrogen functional groups attached to an aromatic ring is 1. The van der Waals surface area contributed by atoms with Gasteiger partial charge in [0, 0.05) is 11.9 Å². The average Bonchev–Trinajstić information content (AvgIpc) is 2.92. The standard InChI is InChI=1S/C18H19N3S/c1-3-6-16-21-17(15-11-13(19)9-10-20-15)18(22-16)14-8-5-4-7-12(14)2/h4-5,7-11H,3,6H2,1-2H3,(H2,19,20). The van der Waals surface area contributed by atoms with Crippen molar-refractivity contribution in [3.8, 4) is 21.8 Å². The second kappa shape index (κ2) is 6.28. The van der Waals surface area contributed by atoms with E-state index in [2.05, 4.69) is 43.1 Å². The van der Waals surface area contributed by atoms with Gasteiger partial charge in [0.1, 0.15) is 5.69 Å². The van der Waals surface area contributed by atoms with Crippen LogP contribution in [-0.2, 0) is 6.42 Å². The van der Waals surface area contributed by atoms with Gasteiger partial charge in [-0.3, -0.25) is 4.98 Å². The number of aromatic nitrogens is 2. The van der Waals surface area contributed by atoms with Gasteiger partial charge in [0.05, 0.1) is 15.6 Å². The molecule has 4 heteroatoms. The summed E-state index contributed by atoms with van der Waals surface area (Å²) < 4.78 is 0. The summed E-state index contributed by atoms with van der Waals surface area (Å²) in [5.74, 6) is 0. The minimum absolute atomic E-state index is 0.714. The minimum Gasteiger partial charge on any atom is -0.399 e. The molecule has 0 saturated carbocycles. The van der Waals surface area contributed by atoms with Crippen LogP contribution in [0.25, 0.3) is 21.8 Å². The Bertz CT molecular complexity index is 793. The normalized spacial score (nSPS) is 10.8. The van der Waals surface area contributed by atoms with Gasteiger partial charge in [0.15, 0.2) is 0 Å². The quantitative estimate of drug-likeness (QED) is 0.759. The molecule has 2 aromatic heterocycles. The Labute approximate surface area is 134 Å². The maximum Gasteiger partial charge on any atom is 0.108 e. The second-order valence-electron chi connectivity index (χ2n) is 5.32. The molecule has 3 rings (SSSR count). The van der Waals surface area contributed by atoms with E-state index >= 15 is 0 Å². The van der Waals surface area contributed by atoms with Crippen molar-refractivity contribution in [1.29, 1.82) is 0 Å². The highest BCUT2D eigenvalue weighted by Crippen LogP contribution is 2.38. The number of nitrogens with zero attached hydrogens (tertiary/aromatic N) is 2.